The highest BCUT2D eigenvalue weighted by Crippen LogP contribution is 2.24. The van der Waals surface area contributed by atoms with Crippen molar-refractivity contribution in [3.8, 4) is 0 Å². The van der Waals surface area contributed by atoms with E-state index < -0.39 is 0 Å². The van der Waals surface area contributed by atoms with Gasteiger partial charge in [-0.3, -0.25) is 4.79 Å². The van der Waals surface area contributed by atoms with E-state index in [1.54, 1.807) is 4.52 Å². The molecule has 2 aromatic rings. The van der Waals surface area contributed by atoms with E-state index in [0.717, 1.165) is 56.1 Å². The molecular weight excluding hydrogens is 304 g/mol. The first-order chi connectivity index (χ1) is 11.7. The van der Waals surface area contributed by atoms with Crippen LogP contribution in [0.15, 0.2) is 12.1 Å². The minimum Gasteiger partial charge on any atom is -0.354 e. The lowest BCUT2D eigenvalue weighted by Crippen LogP contribution is -2.45. The molecule has 1 saturated carbocycles. The van der Waals surface area contributed by atoms with Crippen LogP contribution < -0.4 is 10.2 Å². The maximum absolute atomic E-state index is 12.6. The number of nitrogens with one attached hydrogen (secondary N) is 1. The second-order valence-corrected chi connectivity index (χ2v) is 6.98. The first-order valence-corrected chi connectivity index (χ1v) is 8.95. The van der Waals surface area contributed by atoms with E-state index in [2.05, 4.69) is 25.5 Å². The molecule has 2 fully saturated rings. The molecular formula is C17H24N6O. The van der Waals surface area contributed by atoms with Gasteiger partial charge in [-0.25, -0.2) is 0 Å². The minimum absolute atomic E-state index is 0.0545. The Kier molecular flexibility index (Phi) is 4.08. The molecule has 4 rings (SSSR count). The molecule has 0 radical (unpaired) electrons. The van der Waals surface area contributed by atoms with E-state index in [0.29, 0.717) is 6.04 Å². The van der Waals surface area contributed by atoms with Gasteiger partial charge in [0, 0.05) is 19.1 Å². The molecule has 24 heavy (non-hydrogen) atoms. The van der Waals surface area contributed by atoms with Gasteiger partial charge in [-0.05, 0) is 44.7 Å². The summed E-state index contributed by atoms with van der Waals surface area (Å²) >= 11 is 0. The fourth-order valence-corrected chi connectivity index (χ4v) is 3.84. The van der Waals surface area contributed by atoms with E-state index in [1.807, 2.05) is 19.1 Å². The standard InChI is InChI=1S/C17H24N6O/c1-12-19-20-15-8-9-16(21-23(12)15)22-10-4-5-13(11-22)17(24)18-14-6-2-3-7-14/h8-9,13-14H,2-7,10-11H2,1H3,(H,18,24)/t13-/m0/s1. The van der Waals surface area contributed by atoms with Crippen LogP contribution in [-0.4, -0.2) is 44.8 Å². The molecule has 128 valence electrons. The van der Waals surface area contributed by atoms with Crippen molar-refractivity contribution in [3.63, 3.8) is 0 Å². The van der Waals surface area contributed by atoms with Crippen molar-refractivity contribution in [1.29, 1.82) is 0 Å². The highest BCUT2D eigenvalue weighted by Gasteiger charge is 2.28. The number of piperidine rings is 1. The Morgan fingerprint density at radius 3 is 2.83 bits per heavy atom. The van der Waals surface area contributed by atoms with Crippen molar-refractivity contribution in [3.05, 3.63) is 18.0 Å². The Morgan fingerprint density at radius 2 is 2.00 bits per heavy atom. The Labute approximate surface area is 141 Å². The molecule has 0 bridgehead atoms. The number of rotatable bonds is 3. The topological polar surface area (TPSA) is 75.4 Å². The first-order valence-electron chi connectivity index (χ1n) is 8.95. The number of carbonyl (C=O) groups excluding carboxylic acids is 1. The Balaban J connectivity index is 1.46. The van der Waals surface area contributed by atoms with Crippen LogP contribution in [0.25, 0.3) is 5.65 Å². The number of anilines is 1. The molecule has 3 heterocycles. The number of hydrogen-bond acceptors (Lipinski definition) is 5. The van der Waals surface area contributed by atoms with Crippen LogP contribution in [0.4, 0.5) is 5.82 Å². The molecule has 1 atom stereocenters. The fraction of sp³-hybridized carbons (Fsp3) is 0.647. The van der Waals surface area contributed by atoms with E-state index in [1.165, 1.54) is 12.8 Å². The summed E-state index contributed by atoms with van der Waals surface area (Å²) in [5, 5.41) is 16.0. The summed E-state index contributed by atoms with van der Waals surface area (Å²) in [6.45, 7) is 3.57. The largest absolute Gasteiger partial charge is 0.354 e. The van der Waals surface area contributed by atoms with Crippen LogP contribution in [0.3, 0.4) is 0 Å². The summed E-state index contributed by atoms with van der Waals surface area (Å²) in [7, 11) is 0. The highest BCUT2D eigenvalue weighted by atomic mass is 16.2. The van der Waals surface area contributed by atoms with Gasteiger partial charge < -0.3 is 10.2 Å². The predicted octanol–water partition coefficient (Wildman–Crippen LogP) is 1.71. The van der Waals surface area contributed by atoms with Crippen LogP contribution in [0.1, 0.15) is 44.3 Å². The summed E-state index contributed by atoms with van der Waals surface area (Å²) in [6, 6.07) is 4.30. The van der Waals surface area contributed by atoms with Gasteiger partial charge in [0.15, 0.2) is 11.5 Å². The third kappa shape index (κ3) is 2.95. The molecule has 2 aromatic heterocycles. The smallest absolute Gasteiger partial charge is 0.225 e. The fourth-order valence-electron chi connectivity index (χ4n) is 3.84. The maximum atomic E-state index is 12.6. The number of aryl methyl sites for hydroxylation is 1. The number of aromatic nitrogens is 4. The predicted molar refractivity (Wildman–Crippen MR) is 90.9 cm³/mol. The molecule has 0 spiro atoms. The van der Waals surface area contributed by atoms with E-state index in [4.69, 9.17) is 0 Å². The van der Waals surface area contributed by atoms with E-state index in [9.17, 15) is 4.79 Å². The van der Waals surface area contributed by atoms with Gasteiger partial charge in [-0.1, -0.05) is 12.8 Å². The average molecular weight is 328 g/mol. The number of nitrogens with zero attached hydrogens (tertiary/aromatic N) is 5. The van der Waals surface area contributed by atoms with Crippen LogP contribution in [0.5, 0.6) is 0 Å². The van der Waals surface area contributed by atoms with Gasteiger partial charge in [0.2, 0.25) is 5.91 Å². The molecule has 1 N–H and O–H groups in total. The van der Waals surface area contributed by atoms with Gasteiger partial charge in [-0.15, -0.1) is 15.3 Å². The Morgan fingerprint density at radius 1 is 1.17 bits per heavy atom. The third-order valence-electron chi connectivity index (χ3n) is 5.22. The van der Waals surface area contributed by atoms with Gasteiger partial charge in [0.05, 0.1) is 5.92 Å². The summed E-state index contributed by atoms with van der Waals surface area (Å²) in [4.78, 5) is 14.8. The monoisotopic (exact) mass is 328 g/mol. The molecule has 1 amide bonds. The van der Waals surface area contributed by atoms with Crippen molar-refractivity contribution < 1.29 is 4.79 Å². The van der Waals surface area contributed by atoms with Gasteiger partial charge >= 0.3 is 0 Å². The van der Waals surface area contributed by atoms with Gasteiger partial charge in [-0.2, -0.15) is 4.52 Å². The molecule has 0 aromatic carbocycles. The number of hydrogen-bond donors (Lipinski definition) is 1. The molecule has 1 aliphatic carbocycles. The van der Waals surface area contributed by atoms with Crippen molar-refractivity contribution in [2.75, 3.05) is 18.0 Å². The molecule has 1 saturated heterocycles. The quantitative estimate of drug-likeness (QED) is 0.928. The van der Waals surface area contributed by atoms with Crippen LogP contribution >= 0.6 is 0 Å². The zero-order valence-corrected chi connectivity index (χ0v) is 14.1. The zero-order valence-electron chi connectivity index (χ0n) is 14.1. The number of fused-ring (bicyclic) bond motifs is 1. The molecule has 2 aliphatic rings. The zero-order chi connectivity index (χ0) is 16.5. The average Bonchev–Trinajstić information content (AvgIpc) is 3.25. The SMILES string of the molecule is Cc1nnc2ccc(N3CCC[C@H](C(=O)NC4CCCC4)C3)nn12. The van der Waals surface area contributed by atoms with Crippen molar-refractivity contribution in [1.82, 2.24) is 25.1 Å². The number of amides is 1. The Bertz CT molecular complexity index is 736. The molecule has 7 heteroatoms. The lowest BCUT2D eigenvalue weighted by atomic mass is 9.96. The van der Waals surface area contributed by atoms with Gasteiger partial charge in [0.1, 0.15) is 5.82 Å². The summed E-state index contributed by atoms with van der Waals surface area (Å²) < 4.78 is 1.76. The minimum atomic E-state index is 0.0545. The summed E-state index contributed by atoms with van der Waals surface area (Å²) in [5.41, 5.74) is 0.754. The molecule has 7 nitrogen and oxygen atoms in total. The summed E-state index contributed by atoms with van der Waals surface area (Å²) in [6.07, 6.45) is 6.72. The first kappa shape index (κ1) is 15.4. The van der Waals surface area contributed by atoms with E-state index >= 15 is 0 Å². The van der Waals surface area contributed by atoms with Crippen LogP contribution in [0.2, 0.25) is 0 Å². The Hall–Kier alpha value is -2.18. The lowest BCUT2D eigenvalue weighted by Gasteiger charge is -2.33. The van der Waals surface area contributed by atoms with E-state index in [-0.39, 0.29) is 11.8 Å². The molecule has 0 unspecified atom stereocenters. The molecule has 1 aliphatic heterocycles. The third-order valence-corrected chi connectivity index (χ3v) is 5.22. The van der Waals surface area contributed by atoms with Crippen LogP contribution in [0, 0.1) is 12.8 Å². The van der Waals surface area contributed by atoms with Crippen molar-refractivity contribution >= 4 is 17.4 Å². The highest BCUT2D eigenvalue weighted by molar-refractivity contribution is 5.79. The second-order valence-electron chi connectivity index (χ2n) is 6.98. The van der Waals surface area contributed by atoms with Crippen LogP contribution in [-0.2, 0) is 4.79 Å². The van der Waals surface area contributed by atoms with Crippen molar-refractivity contribution in [2.24, 2.45) is 5.92 Å². The number of carbonyl (C=O) groups is 1. The summed E-state index contributed by atoms with van der Waals surface area (Å²) in [5.74, 6) is 1.94. The van der Waals surface area contributed by atoms with Crippen molar-refractivity contribution in [2.45, 2.75) is 51.5 Å². The van der Waals surface area contributed by atoms with Gasteiger partial charge in [0.25, 0.3) is 0 Å². The second kappa shape index (κ2) is 6.37. The lowest BCUT2D eigenvalue weighted by molar-refractivity contribution is -0.125. The normalized spacial score (nSPS) is 22.2. The maximum Gasteiger partial charge on any atom is 0.225 e.